The van der Waals surface area contributed by atoms with E-state index in [0.29, 0.717) is 22.3 Å². The summed E-state index contributed by atoms with van der Waals surface area (Å²) < 4.78 is 7.03. The molecule has 2 aromatic rings. The van der Waals surface area contributed by atoms with Crippen molar-refractivity contribution >= 4 is 29.4 Å². The number of nitrogens with zero attached hydrogens (tertiary/aromatic N) is 2. The Morgan fingerprint density at radius 3 is 2.71 bits per heavy atom. The van der Waals surface area contributed by atoms with Gasteiger partial charge in [0.2, 0.25) is 5.91 Å². The molecule has 1 aliphatic rings. The Morgan fingerprint density at radius 1 is 1.36 bits per heavy atom. The minimum atomic E-state index is -0.562. The van der Waals surface area contributed by atoms with Crippen LogP contribution < -0.4 is 21.3 Å². The predicted molar refractivity (Wildman–Crippen MR) is 107 cm³/mol. The Morgan fingerprint density at radius 2 is 2.07 bits per heavy atom. The van der Waals surface area contributed by atoms with E-state index in [1.807, 2.05) is 0 Å². The second kappa shape index (κ2) is 8.47. The van der Waals surface area contributed by atoms with Crippen LogP contribution in [0.4, 0.5) is 5.82 Å². The quantitative estimate of drug-likeness (QED) is 0.537. The Labute approximate surface area is 166 Å². The average Bonchev–Trinajstić information content (AvgIpc) is 2.67. The molecule has 1 aromatic heterocycles. The summed E-state index contributed by atoms with van der Waals surface area (Å²) in [5.41, 5.74) is 6.03. The highest BCUT2D eigenvalue weighted by Crippen LogP contribution is 2.36. The molecule has 3 N–H and O–H groups in total. The van der Waals surface area contributed by atoms with Gasteiger partial charge in [-0.3, -0.25) is 14.4 Å². The van der Waals surface area contributed by atoms with E-state index >= 15 is 0 Å². The van der Waals surface area contributed by atoms with Crippen molar-refractivity contribution in [3.63, 3.8) is 0 Å². The number of hydrogen-bond acceptors (Lipinski definition) is 6. The van der Waals surface area contributed by atoms with Crippen molar-refractivity contribution in [3.8, 4) is 5.75 Å². The molecule has 1 atom stereocenters. The number of thioether (sulfide) groups is 1. The number of carbonyl (C=O) groups is 2. The Kier molecular flexibility index (Phi) is 6.03. The second-order valence-corrected chi connectivity index (χ2v) is 7.56. The molecular formula is C19H22N4O4S. The van der Waals surface area contributed by atoms with Gasteiger partial charge in [-0.05, 0) is 24.1 Å². The van der Waals surface area contributed by atoms with Crippen molar-refractivity contribution in [1.82, 2.24) is 9.55 Å². The summed E-state index contributed by atoms with van der Waals surface area (Å²) in [5.74, 6) is 0.704. The zero-order valence-electron chi connectivity index (χ0n) is 15.7. The zero-order chi connectivity index (χ0) is 20.3. The van der Waals surface area contributed by atoms with Gasteiger partial charge >= 0.3 is 0 Å². The van der Waals surface area contributed by atoms with Crippen molar-refractivity contribution < 1.29 is 14.3 Å². The van der Waals surface area contributed by atoms with E-state index in [-0.39, 0.29) is 24.5 Å². The van der Waals surface area contributed by atoms with Crippen LogP contribution in [0, 0.1) is 0 Å². The summed E-state index contributed by atoms with van der Waals surface area (Å²) in [4.78, 5) is 40.1. The fraction of sp³-hybridized carbons (Fsp3) is 0.368. The normalized spacial score (nSPS) is 15.6. The highest BCUT2D eigenvalue weighted by atomic mass is 32.2. The number of carbonyl (C=O) groups excluding carboxylic acids is 2. The molecule has 0 spiro atoms. The van der Waals surface area contributed by atoms with Gasteiger partial charge in [0.05, 0.1) is 5.56 Å². The number of rotatable bonds is 7. The lowest BCUT2D eigenvalue weighted by Crippen LogP contribution is -2.33. The number of benzene rings is 1. The molecule has 0 saturated carbocycles. The standard InChI is InChI=1S/C19H22N4O4S/c1-3-8-28-19-22-18(26)16-13(9-15(25)21-17(16)23(19)2)11-4-6-12(7-5-11)27-10-14(20)24/h4-7,13H,3,8-10H2,1-2H3,(H2,20,24)(H,21,25)/t13-/m0/s1. The molecular weight excluding hydrogens is 380 g/mol. The summed E-state index contributed by atoms with van der Waals surface area (Å²) >= 11 is 1.49. The number of primary amides is 1. The first-order valence-electron chi connectivity index (χ1n) is 8.95. The Hall–Kier alpha value is -2.81. The fourth-order valence-electron chi connectivity index (χ4n) is 3.09. The topological polar surface area (TPSA) is 116 Å². The average molecular weight is 402 g/mol. The molecule has 2 amide bonds. The van der Waals surface area contributed by atoms with Gasteiger partial charge < -0.3 is 20.4 Å². The first-order chi connectivity index (χ1) is 13.4. The fourth-order valence-corrected chi connectivity index (χ4v) is 3.91. The van der Waals surface area contributed by atoms with Gasteiger partial charge in [0.25, 0.3) is 11.5 Å². The van der Waals surface area contributed by atoms with Crippen molar-refractivity contribution in [1.29, 1.82) is 0 Å². The van der Waals surface area contributed by atoms with Crippen molar-refractivity contribution in [2.75, 3.05) is 17.7 Å². The van der Waals surface area contributed by atoms with Crippen molar-refractivity contribution in [3.05, 3.63) is 45.7 Å². The van der Waals surface area contributed by atoms with Crippen LogP contribution in [0.25, 0.3) is 0 Å². The van der Waals surface area contributed by atoms with E-state index in [9.17, 15) is 14.4 Å². The lowest BCUT2D eigenvalue weighted by Gasteiger charge is -2.27. The Bertz CT molecular complexity index is 956. The third kappa shape index (κ3) is 4.19. The van der Waals surface area contributed by atoms with Gasteiger partial charge in [-0.15, -0.1) is 0 Å². The highest BCUT2D eigenvalue weighted by molar-refractivity contribution is 7.99. The number of nitrogens with two attached hydrogens (primary N) is 1. The molecule has 0 aliphatic carbocycles. The van der Waals surface area contributed by atoms with Crippen LogP contribution in [0.3, 0.4) is 0 Å². The van der Waals surface area contributed by atoms with Crippen LogP contribution in [0.2, 0.25) is 0 Å². The van der Waals surface area contributed by atoms with Gasteiger partial charge in [-0.2, -0.15) is 4.98 Å². The maximum Gasteiger partial charge on any atom is 0.279 e. The molecule has 148 valence electrons. The molecule has 1 aromatic carbocycles. The largest absolute Gasteiger partial charge is 0.484 e. The van der Waals surface area contributed by atoms with Crippen molar-refractivity contribution in [2.24, 2.45) is 12.8 Å². The van der Waals surface area contributed by atoms with Crippen LogP contribution in [0.5, 0.6) is 5.75 Å². The molecule has 2 heterocycles. The number of ether oxygens (including phenoxy) is 1. The Balaban J connectivity index is 1.97. The van der Waals surface area contributed by atoms with E-state index in [1.54, 1.807) is 35.9 Å². The summed E-state index contributed by atoms with van der Waals surface area (Å²) in [6, 6.07) is 6.94. The first-order valence-corrected chi connectivity index (χ1v) is 9.94. The van der Waals surface area contributed by atoms with Gasteiger partial charge in [0.15, 0.2) is 11.8 Å². The third-order valence-electron chi connectivity index (χ3n) is 4.40. The lowest BCUT2D eigenvalue weighted by molar-refractivity contribution is -0.120. The molecule has 0 bridgehead atoms. The van der Waals surface area contributed by atoms with Crippen LogP contribution in [-0.4, -0.2) is 33.7 Å². The monoisotopic (exact) mass is 402 g/mol. The number of aromatic nitrogens is 2. The zero-order valence-corrected chi connectivity index (χ0v) is 16.5. The number of anilines is 1. The number of amides is 2. The van der Waals surface area contributed by atoms with Crippen LogP contribution in [0.15, 0.2) is 34.2 Å². The van der Waals surface area contributed by atoms with Gasteiger partial charge in [-0.25, -0.2) is 0 Å². The second-order valence-electron chi connectivity index (χ2n) is 6.50. The minimum absolute atomic E-state index is 0.154. The van der Waals surface area contributed by atoms with E-state index in [0.717, 1.165) is 17.7 Å². The van der Waals surface area contributed by atoms with Crippen LogP contribution >= 0.6 is 11.8 Å². The SMILES string of the molecule is CCCSc1nc(=O)c2c(n1C)NC(=O)C[C@H]2c1ccc(OCC(N)=O)cc1. The molecule has 28 heavy (non-hydrogen) atoms. The molecule has 0 fully saturated rings. The maximum absolute atomic E-state index is 12.8. The molecule has 1 aliphatic heterocycles. The molecule has 0 saturated heterocycles. The van der Waals surface area contributed by atoms with E-state index in [4.69, 9.17) is 10.5 Å². The van der Waals surface area contributed by atoms with Crippen LogP contribution in [-0.2, 0) is 16.6 Å². The molecule has 0 radical (unpaired) electrons. The lowest BCUT2D eigenvalue weighted by atomic mass is 9.87. The summed E-state index contributed by atoms with van der Waals surface area (Å²) in [5, 5.41) is 3.41. The summed E-state index contributed by atoms with van der Waals surface area (Å²) in [6.07, 6.45) is 1.11. The third-order valence-corrected chi connectivity index (χ3v) is 5.64. The smallest absolute Gasteiger partial charge is 0.279 e. The number of hydrogen-bond donors (Lipinski definition) is 2. The molecule has 3 rings (SSSR count). The van der Waals surface area contributed by atoms with E-state index in [2.05, 4.69) is 17.2 Å². The van der Waals surface area contributed by atoms with E-state index in [1.165, 1.54) is 11.8 Å². The summed E-state index contributed by atoms with van der Waals surface area (Å²) in [6.45, 7) is 1.84. The highest BCUT2D eigenvalue weighted by Gasteiger charge is 2.32. The van der Waals surface area contributed by atoms with E-state index < -0.39 is 11.8 Å². The molecule has 9 heteroatoms. The predicted octanol–water partition coefficient (Wildman–Crippen LogP) is 1.62. The molecule has 0 unspecified atom stereocenters. The van der Waals surface area contributed by atoms with Gasteiger partial charge in [0.1, 0.15) is 11.6 Å². The number of nitrogens with one attached hydrogen (secondary N) is 1. The molecule has 8 nitrogen and oxygen atoms in total. The van der Waals surface area contributed by atoms with Gasteiger partial charge in [-0.1, -0.05) is 30.8 Å². The first kappa shape index (κ1) is 19.9. The summed E-state index contributed by atoms with van der Waals surface area (Å²) in [7, 11) is 1.80. The minimum Gasteiger partial charge on any atom is -0.484 e. The van der Waals surface area contributed by atoms with Gasteiger partial charge in [0, 0.05) is 25.1 Å². The maximum atomic E-state index is 12.8. The number of fused-ring (bicyclic) bond motifs is 1. The van der Waals surface area contributed by atoms with Crippen LogP contribution in [0.1, 0.15) is 36.8 Å². The van der Waals surface area contributed by atoms with Crippen molar-refractivity contribution in [2.45, 2.75) is 30.8 Å².